The minimum absolute atomic E-state index is 0.0551. The third kappa shape index (κ3) is 5.63. The van der Waals surface area contributed by atoms with Gasteiger partial charge in [-0.25, -0.2) is 4.39 Å². The Kier molecular flexibility index (Phi) is 7.36. The molecule has 1 heterocycles. The number of carbonyl (C=O) groups excluding carboxylic acids is 2. The van der Waals surface area contributed by atoms with Crippen molar-refractivity contribution in [2.45, 2.75) is 18.8 Å². The fourth-order valence-corrected chi connectivity index (χ4v) is 4.16. The van der Waals surface area contributed by atoms with Gasteiger partial charge in [0.15, 0.2) is 0 Å². The molecule has 7 heteroatoms. The summed E-state index contributed by atoms with van der Waals surface area (Å²) in [5, 5.41) is 2.78. The number of hydrogen-bond acceptors (Lipinski definition) is 4. The molecule has 0 saturated carbocycles. The normalized spacial score (nSPS) is 15.2. The zero-order valence-corrected chi connectivity index (χ0v) is 20.2. The van der Waals surface area contributed by atoms with Gasteiger partial charge in [-0.15, -0.1) is 0 Å². The monoisotopic (exact) mass is 472 g/mol. The van der Waals surface area contributed by atoms with Crippen molar-refractivity contribution in [2.24, 2.45) is 4.99 Å². The Morgan fingerprint density at radius 1 is 1.00 bits per heavy atom. The number of anilines is 2. The largest absolute Gasteiger partial charge is 0.325 e. The molecular formula is C28H29FN4O2. The van der Waals surface area contributed by atoms with Crippen molar-refractivity contribution in [3.8, 4) is 0 Å². The van der Waals surface area contributed by atoms with E-state index in [2.05, 4.69) is 10.2 Å². The summed E-state index contributed by atoms with van der Waals surface area (Å²) < 4.78 is 13.7. The van der Waals surface area contributed by atoms with E-state index in [9.17, 15) is 14.0 Å². The van der Waals surface area contributed by atoms with Crippen molar-refractivity contribution in [2.75, 3.05) is 37.9 Å². The molecule has 1 unspecified atom stereocenters. The molecule has 180 valence electrons. The maximum absolute atomic E-state index is 13.7. The number of rotatable bonds is 8. The van der Waals surface area contributed by atoms with Crippen LogP contribution in [0, 0.1) is 5.82 Å². The fraction of sp³-hybridized carbons (Fsp3) is 0.250. The van der Waals surface area contributed by atoms with Crippen LogP contribution in [0.3, 0.4) is 0 Å². The van der Waals surface area contributed by atoms with E-state index in [1.165, 1.54) is 12.1 Å². The smallest absolute Gasteiger partial charge is 0.238 e. The zero-order chi connectivity index (χ0) is 24.9. The zero-order valence-electron chi connectivity index (χ0n) is 20.2. The van der Waals surface area contributed by atoms with Gasteiger partial charge in [0.2, 0.25) is 11.8 Å². The highest BCUT2D eigenvalue weighted by Crippen LogP contribution is 2.36. The molecular weight excluding hydrogens is 443 g/mol. The lowest BCUT2D eigenvalue weighted by atomic mass is 9.90. The SMILES string of the molecule is CN(C)CCCC(=O)N(C)c1ccc(N=C(c2ccccc2)C2C(=O)Nc3cc(F)ccc32)cc1. The molecule has 0 fully saturated rings. The van der Waals surface area contributed by atoms with Gasteiger partial charge in [0.05, 0.1) is 11.4 Å². The van der Waals surface area contributed by atoms with Gasteiger partial charge in [-0.05, 0) is 74.6 Å². The van der Waals surface area contributed by atoms with Crippen LogP contribution in [0.15, 0.2) is 77.8 Å². The topological polar surface area (TPSA) is 65.0 Å². The summed E-state index contributed by atoms with van der Waals surface area (Å²) in [5.74, 6) is -1.25. The van der Waals surface area contributed by atoms with Gasteiger partial charge in [-0.3, -0.25) is 14.6 Å². The Balaban J connectivity index is 1.62. The highest BCUT2D eigenvalue weighted by atomic mass is 19.1. The molecule has 0 aromatic heterocycles. The number of nitrogens with one attached hydrogen (secondary N) is 1. The summed E-state index contributed by atoms with van der Waals surface area (Å²) in [4.78, 5) is 34.0. The molecule has 35 heavy (non-hydrogen) atoms. The van der Waals surface area contributed by atoms with Crippen LogP contribution in [0.2, 0.25) is 0 Å². The highest BCUT2D eigenvalue weighted by Gasteiger charge is 2.35. The van der Waals surface area contributed by atoms with Gasteiger partial charge in [-0.2, -0.15) is 0 Å². The molecule has 1 aliphatic heterocycles. The van der Waals surface area contributed by atoms with Crippen LogP contribution in [0.25, 0.3) is 0 Å². The van der Waals surface area contributed by atoms with Crippen molar-refractivity contribution in [3.05, 3.63) is 89.7 Å². The van der Waals surface area contributed by atoms with Crippen LogP contribution in [0.1, 0.15) is 29.9 Å². The average Bonchev–Trinajstić information content (AvgIpc) is 3.17. The van der Waals surface area contributed by atoms with Gasteiger partial charge >= 0.3 is 0 Å². The van der Waals surface area contributed by atoms with Crippen molar-refractivity contribution >= 4 is 34.6 Å². The van der Waals surface area contributed by atoms with Crippen molar-refractivity contribution in [1.82, 2.24) is 4.90 Å². The molecule has 0 spiro atoms. The summed E-state index contributed by atoms with van der Waals surface area (Å²) in [6.07, 6.45) is 1.28. The average molecular weight is 473 g/mol. The van der Waals surface area contributed by atoms with Gasteiger partial charge in [0.1, 0.15) is 11.7 Å². The van der Waals surface area contributed by atoms with Gasteiger partial charge in [0.25, 0.3) is 0 Å². The molecule has 1 aliphatic rings. The van der Waals surface area contributed by atoms with Crippen molar-refractivity contribution < 1.29 is 14.0 Å². The molecule has 1 N–H and O–H groups in total. The van der Waals surface area contributed by atoms with E-state index in [0.29, 0.717) is 29.1 Å². The Labute approximate surface area is 205 Å². The standard InChI is InChI=1S/C28H29FN4O2/c1-32(2)17-7-10-25(34)33(3)22-14-12-21(13-15-22)30-27(19-8-5-4-6-9-19)26-23-16-11-20(29)18-24(23)31-28(26)35/h4-6,8-9,11-16,18,26H,7,10,17H2,1-3H3,(H,31,35). The number of hydrogen-bond donors (Lipinski definition) is 1. The van der Waals surface area contributed by atoms with Crippen LogP contribution >= 0.6 is 0 Å². The van der Waals surface area contributed by atoms with Crippen molar-refractivity contribution in [3.63, 3.8) is 0 Å². The molecule has 3 aromatic carbocycles. The van der Waals surface area contributed by atoms with E-state index in [0.717, 1.165) is 24.2 Å². The second-order valence-corrected chi connectivity index (χ2v) is 8.89. The predicted molar refractivity (Wildman–Crippen MR) is 138 cm³/mol. The summed E-state index contributed by atoms with van der Waals surface area (Å²) in [7, 11) is 5.75. The van der Waals surface area contributed by atoms with Crippen LogP contribution in [0.5, 0.6) is 0 Å². The summed E-state index contributed by atoms with van der Waals surface area (Å²) in [6, 6.07) is 21.2. The number of carbonyl (C=O) groups is 2. The highest BCUT2D eigenvalue weighted by molar-refractivity contribution is 6.24. The number of nitrogens with zero attached hydrogens (tertiary/aromatic N) is 3. The number of benzene rings is 3. The molecule has 0 saturated heterocycles. The first-order valence-corrected chi connectivity index (χ1v) is 11.6. The molecule has 0 radical (unpaired) electrons. The van der Waals surface area contributed by atoms with Gasteiger partial charge < -0.3 is 15.1 Å². The Bertz CT molecular complexity index is 1240. The molecule has 0 aliphatic carbocycles. The number of amides is 2. The Morgan fingerprint density at radius 2 is 1.71 bits per heavy atom. The molecule has 1 atom stereocenters. The minimum atomic E-state index is -0.659. The third-order valence-corrected chi connectivity index (χ3v) is 6.05. The van der Waals surface area contributed by atoms with Crippen LogP contribution < -0.4 is 10.2 Å². The van der Waals surface area contributed by atoms with Crippen LogP contribution in [-0.2, 0) is 9.59 Å². The molecule has 6 nitrogen and oxygen atoms in total. The summed E-state index contributed by atoms with van der Waals surface area (Å²) in [6.45, 7) is 0.861. The van der Waals surface area contributed by atoms with E-state index in [1.54, 1.807) is 18.0 Å². The second kappa shape index (κ2) is 10.6. The quantitative estimate of drug-likeness (QED) is 0.470. The summed E-state index contributed by atoms with van der Waals surface area (Å²) in [5.41, 5.74) is 3.98. The van der Waals surface area contributed by atoms with Gasteiger partial charge in [-0.1, -0.05) is 36.4 Å². The molecule has 2 amide bonds. The molecule has 3 aromatic rings. The lowest BCUT2D eigenvalue weighted by Crippen LogP contribution is -2.27. The number of fused-ring (bicyclic) bond motifs is 1. The van der Waals surface area contributed by atoms with E-state index in [4.69, 9.17) is 4.99 Å². The lowest BCUT2D eigenvalue weighted by Gasteiger charge is -2.18. The minimum Gasteiger partial charge on any atom is -0.325 e. The molecule has 4 rings (SSSR count). The second-order valence-electron chi connectivity index (χ2n) is 8.89. The van der Waals surface area contributed by atoms with E-state index in [-0.39, 0.29) is 11.8 Å². The van der Waals surface area contributed by atoms with E-state index < -0.39 is 11.7 Å². The van der Waals surface area contributed by atoms with E-state index >= 15 is 0 Å². The van der Waals surface area contributed by atoms with Gasteiger partial charge in [0, 0.05) is 24.8 Å². The number of aliphatic imine (C=N–C) groups is 1. The first-order chi connectivity index (χ1) is 16.8. The lowest BCUT2D eigenvalue weighted by molar-refractivity contribution is -0.118. The van der Waals surface area contributed by atoms with E-state index in [1.807, 2.05) is 68.7 Å². The third-order valence-electron chi connectivity index (χ3n) is 6.05. The molecule has 0 bridgehead atoms. The van der Waals surface area contributed by atoms with Crippen LogP contribution in [0.4, 0.5) is 21.5 Å². The predicted octanol–water partition coefficient (Wildman–Crippen LogP) is 4.99. The van der Waals surface area contributed by atoms with Crippen LogP contribution in [-0.4, -0.2) is 50.1 Å². The number of halogens is 1. The Morgan fingerprint density at radius 3 is 2.40 bits per heavy atom. The maximum atomic E-state index is 13.7. The van der Waals surface area contributed by atoms with Crippen molar-refractivity contribution in [1.29, 1.82) is 0 Å². The summed E-state index contributed by atoms with van der Waals surface area (Å²) >= 11 is 0. The first-order valence-electron chi connectivity index (χ1n) is 11.6. The first kappa shape index (κ1) is 24.3. The fourth-order valence-electron chi connectivity index (χ4n) is 4.16. The Hall–Kier alpha value is -3.84. The maximum Gasteiger partial charge on any atom is 0.238 e.